The molecule has 1 aromatic carbocycles. The lowest BCUT2D eigenvalue weighted by Crippen LogP contribution is -2.24. The monoisotopic (exact) mass is 227 g/mol. The molecule has 2 rings (SSSR count). The lowest BCUT2D eigenvalue weighted by molar-refractivity contribution is -0.117. The molecule has 15 heavy (non-hydrogen) atoms. The number of carbonyl (C=O) groups excluding carboxylic acids is 1. The van der Waals surface area contributed by atoms with E-state index in [4.69, 9.17) is 11.6 Å². The Kier molecular flexibility index (Phi) is 2.65. The Balaban J connectivity index is 2.33. The maximum atomic E-state index is 13.1. The lowest BCUT2D eigenvalue weighted by Gasteiger charge is -2.16. The van der Waals surface area contributed by atoms with Gasteiger partial charge < -0.3 is 4.90 Å². The fourth-order valence-corrected chi connectivity index (χ4v) is 2.06. The predicted octanol–water partition coefficient (Wildman–Crippen LogP) is 2.48. The molecule has 1 unspecified atom stereocenters. The van der Waals surface area contributed by atoms with E-state index in [1.54, 1.807) is 13.0 Å². The first-order valence-corrected chi connectivity index (χ1v) is 5.21. The second-order valence-electron chi connectivity index (χ2n) is 3.79. The van der Waals surface area contributed by atoms with Crippen LogP contribution >= 0.6 is 11.6 Å². The minimum Gasteiger partial charge on any atom is -0.311 e. The second kappa shape index (κ2) is 3.81. The van der Waals surface area contributed by atoms with E-state index in [0.29, 0.717) is 18.7 Å². The van der Waals surface area contributed by atoms with Crippen molar-refractivity contribution < 1.29 is 9.18 Å². The molecular weight excluding hydrogens is 217 g/mol. The van der Waals surface area contributed by atoms with Gasteiger partial charge in [-0.25, -0.2) is 4.39 Å². The largest absolute Gasteiger partial charge is 0.311 e. The van der Waals surface area contributed by atoms with Crippen LogP contribution in [0.3, 0.4) is 0 Å². The molecule has 1 atom stereocenters. The summed E-state index contributed by atoms with van der Waals surface area (Å²) in [6, 6.07) is 4.58. The standard InChI is InChI=1S/C11H11ClFNO/c1-7-2-9(13)5-10(3-7)14-6-8(12)4-11(14)15/h2-3,5,8H,4,6H2,1H3. The van der Waals surface area contributed by atoms with Gasteiger partial charge in [0.05, 0.1) is 5.38 Å². The third-order valence-corrected chi connectivity index (χ3v) is 2.71. The van der Waals surface area contributed by atoms with Gasteiger partial charge in [0.15, 0.2) is 0 Å². The van der Waals surface area contributed by atoms with Gasteiger partial charge in [0.2, 0.25) is 5.91 Å². The third kappa shape index (κ3) is 2.12. The second-order valence-corrected chi connectivity index (χ2v) is 4.41. The van der Waals surface area contributed by atoms with E-state index in [1.165, 1.54) is 17.0 Å². The van der Waals surface area contributed by atoms with Crippen LogP contribution in [0.4, 0.5) is 10.1 Å². The van der Waals surface area contributed by atoms with Gasteiger partial charge in [-0.3, -0.25) is 4.79 Å². The topological polar surface area (TPSA) is 20.3 Å². The first-order chi connectivity index (χ1) is 7.06. The summed E-state index contributed by atoms with van der Waals surface area (Å²) in [4.78, 5) is 13.1. The number of anilines is 1. The number of benzene rings is 1. The molecule has 1 aromatic rings. The van der Waals surface area contributed by atoms with Gasteiger partial charge in [-0.1, -0.05) is 0 Å². The fourth-order valence-electron chi connectivity index (χ4n) is 1.79. The average Bonchev–Trinajstić information content (AvgIpc) is 2.43. The van der Waals surface area contributed by atoms with Gasteiger partial charge in [0.25, 0.3) is 0 Å². The van der Waals surface area contributed by atoms with Crippen LogP contribution in [0.25, 0.3) is 0 Å². The molecular formula is C11H11ClFNO. The molecule has 1 amide bonds. The van der Waals surface area contributed by atoms with Crippen LogP contribution in [0.2, 0.25) is 0 Å². The summed E-state index contributed by atoms with van der Waals surface area (Å²) in [7, 11) is 0. The Morgan fingerprint density at radius 3 is 2.73 bits per heavy atom. The highest BCUT2D eigenvalue weighted by molar-refractivity contribution is 6.24. The zero-order valence-electron chi connectivity index (χ0n) is 8.34. The summed E-state index contributed by atoms with van der Waals surface area (Å²) in [5.74, 6) is -0.365. The number of aryl methyl sites for hydroxylation is 1. The van der Waals surface area contributed by atoms with Crippen molar-refractivity contribution in [2.75, 3.05) is 11.4 Å². The summed E-state index contributed by atoms with van der Waals surface area (Å²) < 4.78 is 13.1. The molecule has 0 spiro atoms. The van der Waals surface area contributed by atoms with Crippen molar-refractivity contribution in [1.29, 1.82) is 0 Å². The van der Waals surface area contributed by atoms with Crippen LogP contribution in [0.15, 0.2) is 18.2 Å². The number of rotatable bonds is 1. The molecule has 80 valence electrons. The summed E-state index contributed by atoms with van der Waals surface area (Å²) in [5, 5.41) is -0.166. The molecule has 1 aliphatic rings. The quantitative estimate of drug-likeness (QED) is 0.675. The van der Waals surface area contributed by atoms with Gasteiger partial charge >= 0.3 is 0 Å². The van der Waals surface area contributed by atoms with Crippen LogP contribution in [0.1, 0.15) is 12.0 Å². The van der Waals surface area contributed by atoms with Gasteiger partial charge in [0.1, 0.15) is 5.82 Å². The fraction of sp³-hybridized carbons (Fsp3) is 0.364. The first-order valence-electron chi connectivity index (χ1n) is 4.78. The SMILES string of the molecule is Cc1cc(F)cc(N2CC(Cl)CC2=O)c1. The van der Waals surface area contributed by atoms with Crippen LogP contribution in [0.5, 0.6) is 0 Å². The Hall–Kier alpha value is -1.09. The molecule has 1 fully saturated rings. The molecule has 0 bridgehead atoms. The molecule has 0 radical (unpaired) electrons. The van der Waals surface area contributed by atoms with Crippen molar-refractivity contribution in [3.05, 3.63) is 29.6 Å². The van der Waals surface area contributed by atoms with Crippen LogP contribution < -0.4 is 4.90 Å². The van der Waals surface area contributed by atoms with Crippen molar-refractivity contribution >= 4 is 23.2 Å². The zero-order valence-corrected chi connectivity index (χ0v) is 9.09. The molecule has 0 N–H and O–H groups in total. The summed E-state index contributed by atoms with van der Waals surface area (Å²) >= 11 is 5.88. The van der Waals surface area contributed by atoms with Gasteiger partial charge in [-0.15, -0.1) is 11.6 Å². The van der Waals surface area contributed by atoms with E-state index in [2.05, 4.69) is 0 Å². The maximum absolute atomic E-state index is 13.1. The lowest BCUT2D eigenvalue weighted by atomic mass is 10.2. The molecule has 1 aliphatic heterocycles. The first kappa shape index (κ1) is 10.4. The highest BCUT2D eigenvalue weighted by atomic mass is 35.5. The summed E-state index contributed by atoms with van der Waals surface area (Å²) in [6.45, 7) is 2.26. The minimum atomic E-state index is -0.323. The predicted molar refractivity (Wildman–Crippen MR) is 57.7 cm³/mol. The molecule has 1 saturated heterocycles. The van der Waals surface area contributed by atoms with E-state index in [-0.39, 0.29) is 17.1 Å². The number of halogens is 2. The minimum absolute atomic E-state index is 0.0417. The molecule has 0 aromatic heterocycles. The summed E-state index contributed by atoms with van der Waals surface area (Å²) in [5.41, 5.74) is 1.40. The van der Waals surface area contributed by atoms with E-state index in [9.17, 15) is 9.18 Å². The van der Waals surface area contributed by atoms with E-state index in [1.807, 2.05) is 0 Å². The van der Waals surface area contributed by atoms with Crippen LogP contribution in [-0.2, 0) is 4.79 Å². The van der Waals surface area contributed by atoms with E-state index < -0.39 is 0 Å². The Labute approximate surface area is 92.6 Å². The van der Waals surface area contributed by atoms with Crippen molar-refractivity contribution in [2.24, 2.45) is 0 Å². The molecule has 0 saturated carbocycles. The van der Waals surface area contributed by atoms with Gasteiger partial charge in [-0.05, 0) is 30.7 Å². The highest BCUT2D eigenvalue weighted by Gasteiger charge is 2.29. The smallest absolute Gasteiger partial charge is 0.228 e. The Morgan fingerprint density at radius 1 is 1.47 bits per heavy atom. The molecule has 4 heteroatoms. The van der Waals surface area contributed by atoms with Crippen molar-refractivity contribution in [1.82, 2.24) is 0 Å². The van der Waals surface area contributed by atoms with Gasteiger partial charge in [0, 0.05) is 18.7 Å². The molecule has 2 nitrogen and oxygen atoms in total. The number of alkyl halides is 1. The maximum Gasteiger partial charge on any atom is 0.228 e. The number of carbonyl (C=O) groups is 1. The Bertz CT molecular complexity index is 387. The molecule has 1 heterocycles. The average molecular weight is 228 g/mol. The number of hydrogen-bond acceptors (Lipinski definition) is 1. The zero-order chi connectivity index (χ0) is 11.0. The van der Waals surface area contributed by atoms with Crippen LogP contribution in [-0.4, -0.2) is 17.8 Å². The number of nitrogens with zero attached hydrogens (tertiary/aromatic N) is 1. The highest BCUT2D eigenvalue weighted by Crippen LogP contribution is 2.25. The van der Waals surface area contributed by atoms with Crippen molar-refractivity contribution in [3.63, 3.8) is 0 Å². The van der Waals surface area contributed by atoms with Gasteiger partial charge in [-0.2, -0.15) is 0 Å². The third-order valence-electron chi connectivity index (χ3n) is 2.42. The molecule has 0 aliphatic carbocycles. The normalized spacial score (nSPS) is 21.1. The van der Waals surface area contributed by atoms with E-state index in [0.717, 1.165) is 5.56 Å². The number of amides is 1. The Morgan fingerprint density at radius 2 is 2.20 bits per heavy atom. The van der Waals surface area contributed by atoms with Crippen LogP contribution in [0, 0.1) is 12.7 Å². The van der Waals surface area contributed by atoms with Crippen molar-refractivity contribution in [2.45, 2.75) is 18.7 Å². The van der Waals surface area contributed by atoms with Crippen molar-refractivity contribution in [3.8, 4) is 0 Å². The van der Waals surface area contributed by atoms with E-state index >= 15 is 0 Å². The number of hydrogen-bond donors (Lipinski definition) is 0. The summed E-state index contributed by atoms with van der Waals surface area (Å²) in [6.07, 6.45) is 0.330.